The maximum absolute atomic E-state index is 11.9. The average molecular weight is 261 g/mol. The Labute approximate surface area is 116 Å². The molecule has 1 aliphatic heterocycles. The van der Waals surface area contributed by atoms with Crippen LogP contribution in [0.3, 0.4) is 0 Å². The molecule has 0 saturated carbocycles. The summed E-state index contributed by atoms with van der Waals surface area (Å²) in [5, 5.41) is 14.6. The molecule has 0 saturated heterocycles. The number of benzene rings is 2. The first-order valence-electron chi connectivity index (χ1n) is 6.15. The highest BCUT2D eigenvalue weighted by Crippen LogP contribution is 2.31. The number of nitriles is 1. The minimum Gasteiger partial charge on any atom is -0.361 e. The number of anilines is 2. The molecule has 96 valence electrons. The first-order valence-corrected chi connectivity index (χ1v) is 6.15. The molecule has 1 amide bonds. The zero-order valence-electron chi connectivity index (χ0n) is 10.6. The van der Waals surface area contributed by atoms with Crippen molar-refractivity contribution < 1.29 is 4.79 Å². The standard InChI is InChI=1S/C16H11N3O/c17-9-11-5-7-12(8-6-11)18-10-14-13-3-1-2-4-15(13)19-16(14)20/h1-8,10,18H,(H,19,20)/b14-10+. The third-order valence-corrected chi connectivity index (χ3v) is 3.11. The Kier molecular flexibility index (Phi) is 2.94. The monoisotopic (exact) mass is 261 g/mol. The molecule has 0 radical (unpaired) electrons. The van der Waals surface area contributed by atoms with Crippen molar-refractivity contribution in [2.75, 3.05) is 10.6 Å². The fraction of sp³-hybridized carbons (Fsp3) is 0. The van der Waals surface area contributed by atoms with Crippen LogP contribution in [0.25, 0.3) is 5.57 Å². The van der Waals surface area contributed by atoms with Gasteiger partial charge in [0.05, 0.1) is 17.2 Å². The van der Waals surface area contributed by atoms with Crippen molar-refractivity contribution in [3.8, 4) is 6.07 Å². The minimum atomic E-state index is -0.118. The summed E-state index contributed by atoms with van der Waals surface area (Å²) >= 11 is 0. The molecule has 2 aromatic rings. The number of rotatable bonds is 2. The van der Waals surface area contributed by atoms with Crippen LogP contribution < -0.4 is 10.6 Å². The van der Waals surface area contributed by atoms with Gasteiger partial charge in [-0.1, -0.05) is 18.2 Å². The van der Waals surface area contributed by atoms with Crippen LogP contribution in [-0.2, 0) is 4.79 Å². The number of nitrogens with zero attached hydrogens (tertiary/aromatic N) is 1. The molecule has 20 heavy (non-hydrogen) atoms. The first kappa shape index (κ1) is 12.0. The lowest BCUT2D eigenvalue weighted by atomic mass is 10.1. The maximum Gasteiger partial charge on any atom is 0.257 e. The second kappa shape index (κ2) is 4.90. The van der Waals surface area contributed by atoms with E-state index in [1.807, 2.05) is 24.3 Å². The fourth-order valence-corrected chi connectivity index (χ4v) is 2.08. The van der Waals surface area contributed by atoms with Crippen LogP contribution in [0.15, 0.2) is 54.7 Å². The van der Waals surface area contributed by atoms with Crippen molar-refractivity contribution in [2.24, 2.45) is 0 Å². The van der Waals surface area contributed by atoms with Gasteiger partial charge in [0, 0.05) is 23.1 Å². The quantitative estimate of drug-likeness (QED) is 0.817. The van der Waals surface area contributed by atoms with Crippen molar-refractivity contribution in [1.82, 2.24) is 0 Å². The molecule has 1 aliphatic rings. The normalized spacial score (nSPS) is 14.6. The molecule has 0 atom stereocenters. The Morgan fingerprint density at radius 3 is 2.60 bits per heavy atom. The van der Waals surface area contributed by atoms with Crippen molar-refractivity contribution >= 4 is 22.9 Å². The van der Waals surface area contributed by atoms with Crippen LogP contribution in [-0.4, -0.2) is 5.91 Å². The van der Waals surface area contributed by atoms with Crippen molar-refractivity contribution in [2.45, 2.75) is 0 Å². The SMILES string of the molecule is N#Cc1ccc(N/C=C2/C(=O)Nc3ccccc32)cc1. The molecule has 0 spiro atoms. The third kappa shape index (κ3) is 2.13. The van der Waals surface area contributed by atoms with E-state index in [0.717, 1.165) is 16.9 Å². The molecule has 2 N–H and O–H groups in total. The largest absolute Gasteiger partial charge is 0.361 e. The van der Waals surface area contributed by atoms with Gasteiger partial charge in [0.15, 0.2) is 0 Å². The number of carbonyl (C=O) groups is 1. The molecule has 1 heterocycles. The number of fused-ring (bicyclic) bond motifs is 1. The number of hydrogen-bond donors (Lipinski definition) is 2. The topological polar surface area (TPSA) is 64.9 Å². The van der Waals surface area contributed by atoms with Gasteiger partial charge in [0.2, 0.25) is 0 Å². The lowest BCUT2D eigenvalue weighted by molar-refractivity contribution is -0.110. The molecular weight excluding hydrogens is 250 g/mol. The molecule has 4 heteroatoms. The van der Waals surface area contributed by atoms with Gasteiger partial charge in [-0.2, -0.15) is 5.26 Å². The molecular formula is C16H11N3O. The predicted molar refractivity (Wildman–Crippen MR) is 77.8 cm³/mol. The molecule has 0 aliphatic carbocycles. The zero-order chi connectivity index (χ0) is 13.9. The summed E-state index contributed by atoms with van der Waals surface area (Å²) in [6.07, 6.45) is 1.68. The lowest BCUT2D eigenvalue weighted by Gasteiger charge is -2.02. The van der Waals surface area contributed by atoms with Gasteiger partial charge in [-0.3, -0.25) is 4.79 Å². The number of nitrogens with one attached hydrogen (secondary N) is 2. The highest BCUT2D eigenvalue weighted by molar-refractivity contribution is 6.31. The lowest BCUT2D eigenvalue weighted by Crippen LogP contribution is -2.05. The predicted octanol–water partition coefficient (Wildman–Crippen LogP) is 2.96. The van der Waals surface area contributed by atoms with Crippen LogP contribution in [0, 0.1) is 11.3 Å². The molecule has 4 nitrogen and oxygen atoms in total. The van der Waals surface area contributed by atoms with E-state index in [1.54, 1.807) is 30.5 Å². The summed E-state index contributed by atoms with van der Waals surface area (Å²) in [7, 11) is 0. The van der Waals surface area contributed by atoms with Crippen LogP contribution >= 0.6 is 0 Å². The molecule has 0 fully saturated rings. The van der Waals surface area contributed by atoms with Gasteiger partial charge in [-0.25, -0.2) is 0 Å². The molecule has 2 aromatic carbocycles. The van der Waals surface area contributed by atoms with Crippen LogP contribution in [0.1, 0.15) is 11.1 Å². The summed E-state index contributed by atoms with van der Waals surface area (Å²) in [5.74, 6) is -0.118. The van der Waals surface area contributed by atoms with E-state index in [1.165, 1.54) is 0 Å². The van der Waals surface area contributed by atoms with Gasteiger partial charge in [-0.05, 0) is 30.3 Å². The van der Waals surface area contributed by atoms with E-state index in [0.29, 0.717) is 11.1 Å². The fourth-order valence-electron chi connectivity index (χ4n) is 2.08. The average Bonchev–Trinajstić information content (AvgIpc) is 2.81. The van der Waals surface area contributed by atoms with Gasteiger partial charge in [0.1, 0.15) is 0 Å². The van der Waals surface area contributed by atoms with Crippen molar-refractivity contribution in [1.29, 1.82) is 5.26 Å². The van der Waals surface area contributed by atoms with Gasteiger partial charge in [-0.15, -0.1) is 0 Å². The van der Waals surface area contributed by atoms with Crippen molar-refractivity contribution in [3.05, 3.63) is 65.9 Å². The van der Waals surface area contributed by atoms with Gasteiger partial charge >= 0.3 is 0 Å². The molecule has 0 bridgehead atoms. The zero-order valence-corrected chi connectivity index (χ0v) is 10.6. The Balaban J connectivity index is 1.86. The number of carbonyl (C=O) groups excluding carboxylic acids is 1. The van der Waals surface area contributed by atoms with Crippen LogP contribution in [0.5, 0.6) is 0 Å². The van der Waals surface area contributed by atoms with E-state index < -0.39 is 0 Å². The second-order valence-electron chi connectivity index (χ2n) is 4.39. The minimum absolute atomic E-state index is 0.118. The van der Waals surface area contributed by atoms with Gasteiger partial charge in [0.25, 0.3) is 5.91 Å². The summed E-state index contributed by atoms with van der Waals surface area (Å²) in [6, 6.07) is 16.7. The number of amides is 1. The number of para-hydroxylation sites is 1. The van der Waals surface area contributed by atoms with E-state index in [9.17, 15) is 4.79 Å². The number of hydrogen-bond acceptors (Lipinski definition) is 3. The van der Waals surface area contributed by atoms with Crippen LogP contribution in [0.4, 0.5) is 11.4 Å². The Hall–Kier alpha value is -3.06. The highest BCUT2D eigenvalue weighted by atomic mass is 16.2. The smallest absolute Gasteiger partial charge is 0.257 e. The first-order chi connectivity index (χ1) is 9.78. The van der Waals surface area contributed by atoms with E-state index in [-0.39, 0.29) is 5.91 Å². The second-order valence-corrected chi connectivity index (χ2v) is 4.39. The molecule has 0 aromatic heterocycles. The Morgan fingerprint density at radius 1 is 1.10 bits per heavy atom. The summed E-state index contributed by atoms with van der Waals surface area (Å²) in [5.41, 5.74) is 3.75. The van der Waals surface area contributed by atoms with E-state index in [4.69, 9.17) is 5.26 Å². The van der Waals surface area contributed by atoms with E-state index in [2.05, 4.69) is 16.7 Å². The Morgan fingerprint density at radius 2 is 1.85 bits per heavy atom. The molecule has 3 rings (SSSR count). The van der Waals surface area contributed by atoms with E-state index >= 15 is 0 Å². The van der Waals surface area contributed by atoms with Crippen LogP contribution in [0.2, 0.25) is 0 Å². The van der Waals surface area contributed by atoms with Gasteiger partial charge < -0.3 is 10.6 Å². The maximum atomic E-state index is 11.9. The third-order valence-electron chi connectivity index (χ3n) is 3.11. The van der Waals surface area contributed by atoms with Crippen molar-refractivity contribution in [3.63, 3.8) is 0 Å². The summed E-state index contributed by atoms with van der Waals surface area (Å²) in [4.78, 5) is 11.9. The molecule has 0 unspecified atom stereocenters. The summed E-state index contributed by atoms with van der Waals surface area (Å²) in [6.45, 7) is 0. The highest BCUT2D eigenvalue weighted by Gasteiger charge is 2.23. The Bertz CT molecular complexity index is 739. The summed E-state index contributed by atoms with van der Waals surface area (Å²) < 4.78 is 0.